The Morgan fingerprint density at radius 1 is 1.15 bits per heavy atom. The standard InChI is InChI=1S/C22H27NO3/c1-16(2)21(17-7-4-3-5-8-17)23-22(24)18-10-12-19(13-11-18)26-15-20-9-6-14-25-20/h3-5,7-8,10-13,16,20-21H,6,9,14-15H2,1-2H3,(H,23,24). The molecule has 1 fully saturated rings. The summed E-state index contributed by atoms with van der Waals surface area (Å²) in [5.41, 5.74) is 1.75. The van der Waals surface area contributed by atoms with Crippen LogP contribution in [0, 0.1) is 5.92 Å². The van der Waals surface area contributed by atoms with Crippen molar-refractivity contribution in [2.24, 2.45) is 5.92 Å². The van der Waals surface area contributed by atoms with E-state index in [0.29, 0.717) is 18.1 Å². The lowest BCUT2D eigenvalue weighted by Crippen LogP contribution is -2.31. The molecule has 2 aromatic carbocycles. The van der Waals surface area contributed by atoms with Crippen molar-refractivity contribution in [1.29, 1.82) is 0 Å². The van der Waals surface area contributed by atoms with Gasteiger partial charge in [0.2, 0.25) is 0 Å². The fourth-order valence-electron chi connectivity index (χ4n) is 3.19. The third-order valence-electron chi connectivity index (χ3n) is 4.69. The fraction of sp³-hybridized carbons (Fsp3) is 0.409. The molecule has 2 aromatic rings. The number of hydrogen-bond acceptors (Lipinski definition) is 3. The summed E-state index contributed by atoms with van der Waals surface area (Å²) in [6.45, 7) is 5.61. The van der Waals surface area contributed by atoms with Crippen LogP contribution in [0.25, 0.3) is 0 Å². The van der Waals surface area contributed by atoms with Gasteiger partial charge in [0.1, 0.15) is 12.4 Å². The van der Waals surface area contributed by atoms with Gasteiger partial charge in [-0.1, -0.05) is 44.2 Å². The Balaban J connectivity index is 1.59. The van der Waals surface area contributed by atoms with E-state index in [2.05, 4.69) is 19.2 Å². The molecular formula is C22H27NO3. The van der Waals surface area contributed by atoms with E-state index in [1.54, 1.807) is 0 Å². The average molecular weight is 353 g/mol. The second kappa shape index (κ2) is 8.86. The highest BCUT2D eigenvalue weighted by Gasteiger charge is 2.19. The van der Waals surface area contributed by atoms with E-state index in [4.69, 9.17) is 9.47 Å². The number of benzene rings is 2. The first-order valence-electron chi connectivity index (χ1n) is 9.34. The predicted octanol–water partition coefficient (Wildman–Crippen LogP) is 4.37. The molecule has 1 amide bonds. The summed E-state index contributed by atoms with van der Waals surface area (Å²) in [6.07, 6.45) is 2.35. The zero-order chi connectivity index (χ0) is 18.4. The largest absolute Gasteiger partial charge is 0.491 e. The summed E-state index contributed by atoms with van der Waals surface area (Å²) in [4.78, 5) is 12.6. The van der Waals surface area contributed by atoms with Gasteiger partial charge in [-0.05, 0) is 48.6 Å². The van der Waals surface area contributed by atoms with E-state index in [1.165, 1.54) is 0 Å². The molecular weight excluding hydrogens is 326 g/mol. The Morgan fingerprint density at radius 3 is 2.50 bits per heavy atom. The van der Waals surface area contributed by atoms with Crippen LogP contribution in [0.3, 0.4) is 0 Å². The lowest BCUT2D eigenvalue weighted by atomic mass is 9.95. The third kappa shape index (κ3) is 4.85. The van der Waals surface area contributed by atoms with Crippen molar-refractivity contribution in [1.82, 2.24) is 5.32 Å². The van der Waals surface area contributed by atoms with Gasteiger partial charge in [-0.15, -0.1) is 0 Å². The number of ether oxygens (including phenoxy) is 2. The molecule has 4 nitrogen and oxygen atoms in total. The second-order valence-corrected chi connectivity index (χ2v) is 7.08. The molecule has 1 saturated heterocycles. The summed E-state index contributed by atoms with van der Waals surface area (Å²) in [6, 6.07) is 17.4. The van der Waals surface area contributed by atoms with Crippen LogP contribution in [-0.4, -0.2) is 25.2 Å². The zero-order valence-corrected chi connectivity index (χ0v) is 15.5. The molecule has 0 radical (unpaired) electrons. The number of hydrogen-bond donors (Lipinski definition) is 1. The maximum Gasteiger partial charge on any atom is 0.251 e. The molecule has 0 bridgehead atoms. The van der Waals surface area contributed by atoms with Crippen molar-refractivity contribution in [3.63, 3.8) is 0 Å². The molecule has 1 aliphatic heterocycles. The highest BCUT2D eigenvalue weighted by molar-refractivity contribution is 5.94. The van der Waals surface area contributed by atoms with E-state index in [0.717, 1.165) is 30.8 Å². The zero-order valence-electron chi connectivity index (χ0n) is 15.5. The number of amides is 1. The molecule has 1 heterocycles. The number of carbonyl (C=O) groups is 1. The summed E-state index contributed by atoms with van der Waals surface area (Å²) >= 11 is 0. The Bertz CT molecular complexity index is 691. The van der Waals surface area contributed by atoms with Gasteiger partial charge in [-0.3, -0.25) is 4.79 Å². The van der Waals surface area contributed by atoms with Crippen molar-refractivity contribution in [2.75, 3.05) is 13.2 Å². The van der Waals surface area contributed by atoms with E-state index in [1.807, 2.05) is 54.6 Å². The van der Waals surface area contributed by atoms with Crippen molar-refractivity contribution in [2.45, 2.75) is 38.8 Å². The summed E-state index contributed by atoms with van der Waals surface area (Å²) in [7, 11) is 0. The minimum absolute atomic E-state index is 0.0147. The molecule has 2 atom stereocenters. The summed E-state index contributed by atoms with van der Waals surface area (Å²) < 4.78 is 11.3. The summed E-state index contributed by atoms with van der Waals surface area (Å²) in [5, 5.41) is 3.15. The van der Waals surface area contributed by atoms with Crippen LogP contribution in [0.5, 0.6) is 5.75 Å². The molecule has 0 saturated carbocycles. The lowest BCUT2D eigenvalue weighted by Gasteiger charge is -2.23. The quantitative estimate of drug-likeness (QED) is 0.804. The number of carbonyl (C=O) groups excluding carboxylic acids is 1. The van der Waals surface area contributed by atoms with Gasteiger partial charge in [-0.2, -0.15) is 0 Å². The van der Waals surface area contributed by atoms with E-state index >= 15 is 0 Å². The van der Waals surface area contributed by atoms with Gasteiger partial charge in [-0.25, -0.2) is 0 Å². The van der Waals surface area contributed by atoms with Crippen molar-refractivity contribution in [3.8, 4) is 5.75 Å². The van der Waals surface area contributed by atoms with Crippen molar-refractivity contribution < 1.29 is 14.3 Å². The molecule has 0 aromatic heterocycles. The summed E-state index contributed by atoms with van der Waals surface area (Å²) in [5.74, 6) is 0.995. The van der Waals surface area contributed by atoms with Crippen molar-refractivity contribution in [3.05, 3.63) is 65.7 Å². The first-order chi connectivity index (χ1) is 12.6. The number of rotatable bonds is 7. The molecule has 0 spiro atoms. The highest BCUT2D eigenvalue weighted by Crippen LogP contribution is 2.22. The minimum Gasteiger partial charge on any atom is -0.491 e. The average Bonchev–Trinajstić information content (AvgIpc) is 3.19. The van der Waals surface area contributed by atoms with Gasteiger partial charge in [0.25, 0.3) is 5.91 Å². The second-order valence-electron chi connectivity index (χ2n) is 7.08. The first-order valence-corrected chi connectivity index (χ1v) is 9.34. The monoisotopic (exact) mass is 353 g/mol. The van der Waals surface area contributed by atoms with Gasteiger partial charge < -0.3 is 14.8 Å². The van der Waals surface area contributed by atoms with E-state index < -0.39 is 0 Å². The molecule has 0 aliphatic carbocycles. The Kier molecular flexibility index (Phi) is 6.29. The van der Waals surface area contributed by atoms with Gasteiger partial charge >= 0.3 is 0 Å². The van der Waals surface area contributed by atoms with Gasteiger partial charge in [0.15, 0.2) is 0 Å². The number of nitrogens with one attached hydrogen (secondary N) is 1. The molecule has 4 heteroatoms. The first kappa shape index (κ1) is 18.5. The maximum absolute atomic E-state index is 12.6. The van der Waals surface area contributed by atoms with E-state index in [-0.39, 0.29) is 18.1 Å². The lowest BCUT2D eigenvalue weighted by molar-refractivity contribution is 0.0679. The molecule has 2 unspecified atom stereocenters. The smallest absolute Gasteiger partial charge is 0.251 e. The van der Waals surface area contributed by atoms with Crippen LogP contribution < -0.4 is 10.1 Å². The molecule has 138 valence electrons. The molecule has 1 N–H and O–H groups in total. The van der Waals surface area contributed by atoms with Crippen molar-refractivity contribution >= 4 is 5.91 Å². The Hall–Kier alpha value is -2.33. The van der Waals surface area contributed by atoms with E-state index in [9.17, 15) is 4.79 Å². The Labute approximate surface area is 155 Å². The molecule has 3 rings (SSSR count). The topological polar surface area (TPSA) is 47.6 Å². The Morgan fingerprint density at radius 2 is 1.88 bits per heavy atom. The highest BCUT2D eigenvalue weighted by atomic mass is 16.5. The molecule has 1 aliphatic rings. The minimum atomic E-state index is -0.0711. The van der Waals surface area contributed by atoms with Crippen LogP contribution >= 0.6 is 0 Å². The van der Waals surface area contributed by atoms with Crippen LogP contribution in [-0.2, 0) is 4.74 Å². The van der Waals surface area contributed by atoms with Crippen LogP contribution in [0.2, 0.25) is 0 Å². The molecule has 26 heavy (non-hydrogen) atoms. The van der Waals surface area contributed by atoms with Crippen LogP contribution in [0.15, 0.2) is 54.6 Å². The van der Waals surface area contributed by atoms with Crippen LogP contribution in [0.4, 0.5) is 0 Å². The SMILES string of the molecule is CC(C)C(NC(=O)c1ccc(OCC2CCCO2)cc1)c1ccccc1. The van der Waals surface area contributed by atoms with Gasteiger partial charge in [0.05, 0.1) is 12.1 Å². The third-order valence-corrected chi connectivity index (χ3v) is 4.69. The fourth-order valence-corrected chi connectivity index (χ4v) is 3.19. The maximum atomic E-state index is 12.6. The van der Waals surface area contributed by atoms with Crippen LogP contribution in [0.1, 0.15) is 48.7 Å². The van der Waals surface area contributed by atoms with Gasteiger partial charge in [0, 0.05) is 12.2 Å². The predicted molar refractivity (Wildman–Crippen MR) is 102 cm³/mol. The normalized spacial score (nSPS) is 17.9.